The molecule has 0 unspecified atom stereocenters. The zero-order chi connectivity index (χ0) is 15.2. The smallest absolute Gasteiger partial charge is 0.262 e. The van der Waals surface area contributed by atoms with Gasteiger partial charge in [-0.3, -0.25) is 9.89 Å². The van der Waals surface area contributed by atoms with Gasteiger partial charge in [0.25, 0.3) is 5.91 Å². The Hall–Kier alpha value is -1.60. The highest BCUT2D eigenvalue weighted by Gasteiger charge is 2.16. The molecule has 0 bridgehead atoms. The molecule has 1 amide bonds. The van der Waals surface area contributed by atoms with Gasteiger partial charge in [-0.25, -0.2) is 0 Å². The first kappa shape index (κ1) is 15.3. The number of carbonyl (C=O) groups excluding carboxylic acids is 1. The number of anilines is 1. The van der Waals surface area contributed by atoms with E-state index in [2.05, 4.69) is 27.6 Å². The summed E-state index contributed by atoms with van der Waals surface area (Å²) in [6, 6.07) is 8.02. The first-order chi connectivity index (χ1) is 10.8. The maximum absolute atomic E-state index is 11.7. The number of hydrogen-bond donors (Lipinski definition) is 2. The van der Waals surface area contributed by atoms with E-state index in [-0.39, 0.29) is 12.5 Å². The van der Waals surface area contributed by atoms with Crippen molar-refractivity contribution in [3.63, 3.8) is 0 Å². The molecule has 2 aromatic rings. The van der Waals surface area contributed by atoms with Gasteiger partial charge < -0.3 is 10.1 Å². The number of H-pyrrole nitrogens is 1. The lowest BCUT2D eigenvalue weighted by Crippen LogP contribution is -2.19. The fourth-order valence-corrected chi connectivity index (χ4v) is 4.96. The van der Waals surface area contributed by atoms with E-state index < -0.39 is 0 Å². The van der Waals surface area contributed by atoms with Gasteiger partial charge >= 0.3 is 0 Å². The summed E-state index contributed by atoms with van der Waals surface area (Å²) < 4.78 is 6.02. The van der Waals surface area contributed by atoms with E-state index in [9.17, 15) is 4.79 Å². The molecule has 2 heterocycles. The van der Waals surface area contributed by atoms with Crippen LogP contribution in [0.4, 0.5) is 5.69 Å². The Morgan fingerprint density at radius 2 is 2.09 bits per heavy atom. The van der Waals surface area contributed by atoms with Crippen molar-refractivity contribution >= 4 is 35.1 Å². The Morgan fingerprint density at radius 1 is 1.32 bits per heavy atom. The predicted octanol–water partition coefficient (Wildman–Crippen LogP) is 3.30. The summed E-state index contributed by atoms with van der Waals surface area (Å²) in [5, 5.41) is 9.09. The fourth-order valence-electron chi connectivity index (χ4n) is 2.07. The van der Waals surface area contributed by atoms with Crippen molar-refractivity contribution in [2.75, 3.05) is 23.4 Å². The second kappa shape index (κ2) is 7.60. The number of aromatic amines is 1. The lowest BCUT2D eigenvalue weighted by Gasteiger charge is -2.21. The Labute approximate surface area is 137 Å². The summed E-state index contributed by atoms with van der Waals surface area (Å²) in [7, 11) is 0. The van der Waals surface area contributed by atoms with E-state index in [0.29, 0.717) is 16.0 Å². The minimum absolute atomic E-state index is 0.0164. The molecule has 0 spiro atoms. The number of nitrogens with zero attached hydrogens (tertiary/aromatic N) is 1. The molecule has 0 aliphatic carbocycles. The minimum Gasteiger partial charge on any atom is -0.484 e. The molecule has 1 fully saturated rings. The van der Waals surface area contributed by atoms with Crippen LogP contribution in [0, 0.1) is 0 Å². The molecule has 3 rings (SSSR count). The largest absolute Gasteiger partial charge is 0.484 e. The highest BCUT2D eigenvalue weighted by atomic mass is 32.2. The number of ether oxygens (including phenoxy) is 1. The van der Waals surface area contributed by atoms with Gasteiger partial charge in [0, 0.05) is 6.20 Å². The van der Waals surface area contributed by atoms with Crippen molar-refractivity contribution in [3.8, 4) is 5.75 Å². The summed E-state index contributed by atoms with van der Waals surface area (Å²) in [6.45, 7) is -0.0164. The first-order valence-corrected chi connectivity index (χ1v) is 9.15. The maximum atomic E-state index is 11.7. The molecule has 22 heavy (non-hydrogen) atoms. The zero-order valence-electron chi connectivity index (χ0n) is 12.0. The molecule has 5 nitrogen and oxygen atoms in total. The highest BCUT2D eigenvalue weighted by molar-refractivity contribution is 8.16. The summed E-state index contributed by atoms with van der Waals surface area (Å²) in [4.78, 5) is 11.7. The Kier molecular flexibility index (Phi) is 5.29. The third kappa shape index (κ3) is 4.20. The Balaban J connectivity index is 1.49. The average molecular weight is 335 g/mol. The first-order valence-electron chi connectivity index (χ1n) is 7.06. The van der Waals surface area contributed by atoms with Crippen molar-refractivity contribution < 1.29 is 9.53 Å². The lowest BCUT2D eigenvalue weighted by molar-refractivity contribution is -0.118. The molecule has 0 atom stereocenters. The van der Waals surface area contributed by atoms with Crippen LogP contribution in [0.1, 0.15) is 16.6 Å². The molecule has 0 radical (unpaired) electrons. The normalized spacial score (nSPS) is 15.5. The number of aromatic nitrogens is 2. The second-order valence-corrected chi connectivity index (χ2v) is 7.54. The summed E-state index contributed by atoms with van der Waals surface area (Å²) in [5.74, 6) is 2.95. The molecule has 0 saturated carbocycles. The topological polar surface area (TPSA) is 67.0 Å². The van der Waals surface area contributed by atoms with Crippen LogP contribution in [0.15, 0.2) is 36.7 Å². The van der Waals surface area contributed by atoms with Crippen LogP contribution in [0.5, 0.6) is 5.75 Å². The minimum atomic E-state index is -0.205. The SMILES string of the molecule is O=C(COc1ccc(C2SCCCS2)cc1)Nc1cn[nH]c1. The van der Waals surface area contributed by atoms with E-state index in [1.807, 2.05) is 35.7 Å². The van der Waals surface area contributed by atoms with Crippen LogP contribution in [-0.4, -0.2) is 34.2 Å². The standard InChI is InChI=1S/C15H17N3O2S2/c19-14(18-12-8-16-17-9-12)10-20-13-4-2-11(3-5-13)15-21-6-1-7-22-15/h2-5,8-9,15H,1,6-7,10H2,(H,16,17)(H,18,19). The third-order valence-electron chi connectivity index (χ3n) is 3.13. The molecule has 1 saturated heterocycles. The van der Waals surface area contributed by atoms with E-state index in [4.69, 9.17) is 4.74 Å². The number of hydrogen-bond acceptors (Lipinski definition) is 5. The van der Waals surface area contributed by atoms with Gasteiger partial charge in [0.1, 0.15) is 5.75 Å². The van der Waals surface area contributed by atoms with Crippen LogP contribution in [0.3, 0.4) is 0 Å². The highest BCUT2D eigenvalue weighted by Crippen LogP contribution is 2.43. The van der Waals surface area contributed by atoms with Gasteiger partial charge in [-0.1, -0.05) is 12.1 Å². The predicted molar refractivity (Wildman–Crippen MR) is 91.4 cm³/mol. The van der Waals surface area contributed by atoms with Crippen molar-refractivity contribution in [2.45, 2.75) is 11.0 Å². The van der Waals surface area contributed by atoms with Crippen molar-refractivity contribution in [1.82, 2.24) is 10.2 Å². The summed E-state index contributed by atoms with van der Waals surface area (Å²) >= 11 is 3.98. The molecule has 2 N–H and O–H groups in total. The van der Waals surface area contributed by atoms with Gasteiger partial charge in [-0.2, -0.15) is 5.10 Å². The Bertz CT molecular complexity index is 596. The van der Waals surface area contributed by atoms with E-state index in [0.717, 1.165) is 0 Å². The van der Waals surface area contributed by atoms with Crippen LogP contribution < -0.4 is 10.1 Å². The van der Waals surface area contributed by atoms with Crippen LogP contribution >= 0.6 is 23.5 Å². The van der Waals surface area contributed by atoms with Gasteiger partial charge in [-0.15, -0.1) is 23.5 Å². The quantitative estimate of drug-likeness (QED) is 0.877. The summed E-state index contributed by atoms with van der Waals surface area (Å²) in [5.41, 5.74) is 1.94. The van der Waals surface area contributed by atoms with Crippen molar-refractivity contribution in [1.29, 1.82) is 0 Å². The molecule has 1 aromatic carbocycles. The van der Waals surface area contributed by atoms with Crippen molar-refractivity contribution in [2.24, 2.45) is 0 Å². The number of amides is 1. The van der Waals surface area contributed by atoms with Crippen LogP contribution in [0.25, 0.3) is 0 Å². The lowest BCUT2D eigenvalue weighted by atomic mass is 10.2. The molecule has 1 aliphatic rings. The van der Waals surface area contributed by atoms with Gasteiger partial charge in [0.2, 0.25) is 0 Å². The number of carbonyl (C=O) groups is 1. The maximum Gasteiger partial charge on any atom is 0.262 e. The summed E-state index contributed by atoms with van der Waals surface area (Å²) in [6.07, 6.45) is 4.46. The molecule has 1 aromatic heterocycles. The van der Waals surface area contributed by atoms with Gasteiger partial charge in [0.05, 0.1) is 16.5 Å². The second-order valence-electron chi connectivity index (χ2n) is 4.82. The van der Waals surface area contributed by atoms with E-state index in [1.165, 1.54) is 23.5 Å². The molecular formula is C15H17N3O2S2. The van der Waals surface area contributed by atoms with E-state index in [1.54, 1.807) is 12.4 Å². The average Bonchev–Trinajstić information content (AvgIpc) is 3.07. The third-order valence-corrected chi connectivity index (χ3v) is 6.15. The molecule has 1 aliphatic heterocycles. The molecule has 116 valence electrons. The van der Waals surface area contributed by atoms with Crippen LogP contribution in [0.2, 0.25) is 0 Å². The zero-order valence-corrected chi connectivity index (χ0v) is 13.6. The molecule has 7 heteroatoms. The van der Waals surface area contributed by atoms with Gasteiger partial charge in [0.15, 0.2) is 6.61 Å². The number of rotatable bonds is 5. The fraction of sp³-hybridized carbons (Fsp3) is 0.333. The van der Waals surface area contributed by atoms with Gasteiger partial charge in [-0.05, 0) is 35.6 Å². The molecular weight excluding hydrogens is 318 g/mol. The Morgan fingerprint density at radius 3 is 2.77 bits per heavy atom. The van der Waals surface area contributed by atoms with Crippen LogP contribution in [-0.2, 0) is 4.79 Å². The number of benzene rings is 1. The number of thioether (sulfide) groups is 2. The van der Waals surface area contributed by atoms with E-state index >= 15 is 0 Å². The number of nitrogens with one attached hydrogen (secondary N) is 2. The monoisotopic (exact) mass is 335 g/mol. The van der Waals surface area contributed by atoms with Crippen molar-refractivity contribution in [3.05, 3.63) is 42.2 Å².